The van der Waals surface area contributed by atoms with Crippen LogP contribution in [0.5, 0.6) is 0 Å². The average molecular weight is 264 g/mol. The minimum Gasteiger partial charge on any atom is -0.462 e. The molecule has 0 amide bonds. The van der Waals surface area contributed by atoms with E-state index in [0.29, 0.717) is 24.4 Å². The zero-order valence-electron chi connectivity index (χ0n) is 11.7. The van der Waals surface area contributed by atoms with Crippen molar-refractivity contribution in [3.8, 4) is 0 Å². The Hall–Kier alpha value is -1.49. The van der Waals surface area contributed by atoms with Gasteiger partial charge in [-0.25, -0.2) is 14.8 Å². The zero-order chi connectivity index (χ0) is 13.9. The molecule has 0 spiro atoms. The maximum Gasteiger partial charge on any atom is 0.341 e. The fourth-order valence-electron chi connectivity index (χ4n) is 2.28. The molecule has 19 heavy (non-hydrogen) atoms. The Balaban J connectivity index is 2.33. The Bertz CT molecular complexity index is 468. The molecule has 0 N–H and O–H groups in total. The molecule has 1 aromatic rings. The van der Waals surface area contributed by atoms with Crippen LogP contribution in [0.25, 0.3) is 0 Å². The minimum atomic E-state index is -0.420. The van der Waals surface area contributed by atoms with Crippen LogP contribution in [0, 0.1) is 0 Å². The van der Waals surface area contributed by atoms with E-state index >= 15 is 0 Å². The lowest BCUT2D eigenvalue weighted by Gasteiger charge is -2.22. The molecule has 0 aromatic carbocycles. The first-order valence-electron chi connectivity index (χ1n) is 6.78. The van der Waals surface area contributed by atoms with Crippen LogP contribution in [-0.2, 0) is 21.5 Å². The summed E-state index contributed by atoms with van der Waals surface area (Å²) in [5.41, 5.74) is 0.756. The van der Waals surface area contributed by atoms with Crippen LogP contribution in [0.3, 0.4) is 0 Å². The van der Waals surface area contributed by atoms with Crippen LogP contribution in [0.4, 0.5) is 0 Å². The summed E-state index contributed by atoms with van der Waals surface area (Å²) in [6.07, 6.45) is 4.15. The first-order chi connectivity index (χ1) is 9.10. The molecule has 2 heterocycles. The van der Waals surface area contributed by atoms with Crippen molar-refractivity contribution >= 4 is 5.97 Å². The molecule has 1 fully saturated rings. The second kappa shape index (κ2) is 5.65. The van der Waals surface area contributed by atoms with Gasteiger partial charge in [0, 0.05) is 12.8 Å². The van der Waals surface area contributed by atoms with E-state index in [1.54, 1.807) is 13.1 Å². The number of aryl methyl sites for hydroxylation is 1. The molecule has 1 atom stereocenters. The third-order valence-electron chi connectivity index (χ3n) is 3.39. The van der Waals surface area contributed by atoms with Crippen LogP contribution >= 0.6 is 0 Å². The number of hydrogen-bond donors (Lipinski definition) is 0. The molecule has 0 radical (unpaired) electrons. The Kier molecular flexibility index (Phi) is 4.14. The smallest absolute Gasteiger partial charge is 0.341 e. The fraction of sp³-hybridized carbons (Fsp3) is 0.643. The molecular weight excluding hydrogens is 244 g/mol. The number of hydrogen-bond acceptors (Lipinski definition) is 5. The van der Waals surface area contributed by atoms with E-state index in [0.717, 1.165) is 25.1 Å². The van der Waals surface area contributed by atoms with Crippen LogP contribution in [-0.4, -0.2) is 29.2 Å². The topological polar surface area (TPSA) is 61.3 Å². The Morgan fingerprint density at radius 1 is 1.53 bits per heavy atom. The predicted octanol–water partition coefficient (Wildman–Crippen LogP) is 2.24. The van der Waals surface area contributed by atoms with Gasteiger partial charge in [-0.15, -0.1) is 0 Å². The van der Waals surface area contributed by atoms with E-state index in [4.69, 9.17) is 9.47 Å². The van der Waals surface area contributed by atoms with Gasteiger partial charge in [-0.05, 0) is 33.1 Å². The van der Waals surface area contributed by atoms with Gasteiger partial charge in [0.2, 0.25) is 0 Å². The minimum absolute atomic E-state index is 0.352. The molecule has 104 valence electrons. The van der Waals surface area contributed by atoms with Gasteiger partial charge in [0.25, 0.3) is 0 Å². The molecular formula is C14H20N2O3. The highest BCUT2D eigenvalue weighted by molar-refractivity contribution is 5.90. The highest BCUT2D eigenvalue weighted by Gasteiger charge is 2.35. The van der Waals surface area contributed by atoms with Crippen molar-refractivity contribution in [3.63, 3.8) is 0 Å². The summed E-state index contributed by atoms with van der Waals surface area (Å²) in [7, 11) is 0. The molecule has 1 aromatic heterocycles. The van der Waals surface area contributed by atoms with E-state index in [1.165, 1.54) is 0 Å². The van der Waals surface area contributed by atoms with Crippen molar-refractivity contribution in [2.24, 2.45) is 0 Å². The molecule has 1 aliphatic rings. The monoisotopic (exact) mass is 264 g/mol. The van der Waals surface area contributed by atoms with Gasteiger partial charge >= 0.3 is 5.97 Å². The van der Waals surface area contributed by atoms with E-state index in [-0.39, 0.29) is 5.97 Å². The molecule has 0 saturated carbocycles. The summed E-state index contributed by atoms with van der Waals surface area (Å²) in [5.74, 6) is 0.304. The quantitative estimate of drug-likeness (QED) is 0.780. The van der Waals surface area contributed by atoms with Gasteiger partial charge in [0.1, 0.15) is 5.60 Å². The Morgan fingerprint density at radius 2 is 2.32 bits per heavy atom. The number of nitrogens with zero attached hydrogens (tertiary/aromatic N) is 2. The number of esters is 1. The second-order valence-electron chi connectivity index (χ2n) is 4.81. The number of rotatable bonds is 4. The summed E-state index contributed by atoms with van der Waals surface area (Å²) >= 11 is 0. The molecule has 5 heteroatoms. The standard InChI is InChI=1S/C14H20N2O3/c1-4-11-10(12(17)18-5-2)9-15-13(16-11)14(3)7-6-8-19-14/h9H,4-8H2,1-3H3. The van der Waals surface area contributed by atoms with Crippen LogP contribution in [0.2, 0.25) is 0 Å². The molecule has 0 bridgehead atoms. The predicted molar refractivity (Wildman–Crippen MR) is 69.9 cm³/mol. The summed E-state index contributed by atoms with van der Waals surface area (Å²) in [5, 5.41) is 0. The van der Waals surface area contributed by atoms with Crippen molar-refractivity contribution in [2.75, 3.05) is 13.2 Å². The third-order valence-corrected chi connectivity index (χ3v) is 3.39. The van der Waals surface area contributed by atoms with Crippen molar-refractivity contribution < 1.29 is 14.3 Å². The van der Waals surface area contributed by atoms with Gasteiger partial charge in [-0.3, -0.25) is 0 Å². The largest absolute Gasteiger partial charge is 0.462 e. The number of carbonyl (C=O) groups excluding carboxylic acids is 1. The fourth-order valence-corrected chi connectivity index (χ4v) is 2.28. The first-order valence-corrected chi connectivity index (χ1v) is 6.78. The second-order valence-corrected chi connectivity index (χ2v) is 4.81. The van der Waals surface area contributed by atoms with Crippen molar-refractivity contribution in [2.45, 2.75) is 45.6 Å². The normalized spacial score (nSPS) is 22.5. The van der Waals surface area contributed by atoms with Crippen molar-refractivity contribution in [1.82, 2.24) is 9.97 Å². The number of aromatic nitrogens is 2. The number of ether oxygens (including phenoxy) is 2. The van der Waals surface area contributed by atoms with Gasteiger partial charge in [0.15, 0.2) is 5.82 Å². The van der Waals surface area contributed by atoms with E-state index in [9.17, 15) is 4.79 Å². The summed E-state index contributed by atoms with van der Waals surface area (Å²) in [6, 6.07) is 0. The molecule has 5 nitrogen and oxygen atoms in total. The zero-order valence-corrected chi connectivity index (χ0v) is 11.7. The third kappa shape index (κ3) is 2.76. The molecule has 2 rings (SSSR count). The highest BCUT2D eigenvalue weighted by Crippen LogP contribution is 2.33. The van der Waals surface area contributed by atoms with Crippen LogP contribution in [0.15, 0.2) is 6.20 Å². The molecule has 0 aliphatic carbocycles. The van der Waals surface area contributed by atoms with Crippen LogP contribution < -0.4 is 0 Å². The SMILES string of the molecule is CCOC(=O)c1cnc(C2(C)CCCO2)nc1CC. The lowest BCUT2D eigenvalue weighted by atomic mass is 10.0. The van der Waals surface area contributed by atoms with E-state index in [2.05, 4.69) is 9.97 Å². The highest BCUT2D eigenvalue weighted by atomic mass is 16.5. The lowest BCUT2D eigenvalue weighted by Crippen LogP contribution is -2.25. The van der Waals surface area contributed by atoms with Crippen molar-refractivity contribution in [1.29, 1.82) is 0 Å². The molecule has 1 unspecified atom stereocenters. The maximum absolute atomic E-state index is 11.8. The number of carbonyl (C=O) groups is 1. The summed E-state index contributed by atoms with van der Waals surface area (Å²) < 4.78 is 10.7. The summed E-state index contributed by atoms with van der Waals surface area (Å²) in [4.78, 5) is 20.6. The first kappa shape index (κ1) is 13.9. The van der Waals surface area contributed by atoms with Gasteiger partial charge in [-0.1, -0.05) is 6.92 Å². The van der Waals surface area contributed by atoms with Gasteiger partial charge in [-0.2, -0.15) is 0 Å². The van der Waals surface area contributed by atoms with Gasteiger partial charge in [0.05, 0.1) is 17.9 Å². The Labute approximate surface area is 113 Å². The molecule has 1 aliphatic heterocycles. The van der Waals surface area contributed by atoms with E-state index in [1.807, 2.05) is 13.8 Å². The molecule has 1 saturated heterocycles. The Morgan fingerprint density at radius 3 is 2.89 bits per heavy atom. The van der Waals surface area contributed by atoms with Crippen molar-refractivity contribution in [3.05, 3.63) is 23.3 Å². The summed E-state index contributed by atoms with van der Waals surface area (Å²) in [6.45, 7) is 6.84. The average Bonchev–Trinajstić information content (AvgIpc) is 2.86. The van der Waals surface area contributed by atoms with Gasteiger partial charge < -0.3 is 9.47 Å². The maximum atomic E-state index is 11.8. The lowest BCUT2D eigenvalue weighted by molar-refractivity contribution is 0.00899. The van der Waals surface area contributed by atoms with E-state index < -0.39 is 5.60 Å². The van der Waals surface area contributed by atoms with Crippen LogP contribution in [0.1, 0.15) is 55.5 Å².